The minimum atomic E-state index is -0.652. The van der Waals surface area contributed by atoms with Crippen LogP contribution in [0.5, 0.6) is 0 Å². The molecule has 3 N–H and O–H groups in total. The molecule has 0 bridgehead atoms. The zero-order valence-corrected chi connectivity index (χ0v) is 17.7. The Bertz CT molecular complexity index is 1340. The second kappa shape index (κ2) is 10.2. The van der Waals surface area contributed by atoms with E-state index >= 15 is 0 Å². The third kappa shape index (κ3) is 5.41. The lowest BCUT2D eigenvalue weighted by molar-refractivity contribution is -0.124. The van der Waals surface area contributed by atoms with Gasteiger partial charge < -0.3 is 4.57 Å². The lowest BCUT2D eigenvalue weighted by Gasteiger charge is -2.05. The van der Waals surface area contributed by atoms with Crippen molar-refractivity contribution in [3.05, 3.63) is 113 Å². The highest BCUT2D eigenvalue weighted by atomic mass is 16.5. The molecule has 1 heterocycles. The van der Waals surface area contributed by atoms with Crippen LogP contribution in [0.3, 0.4) is 0 Å². The number of carbonyl (C=O) groups is 2. The molecule has 3 aromatic carbocycles. The van der Waals surface area contributed by atoms with Gasteiger partial charge in [0.15, 0.2) is 0 Å². The number of hydrazone groups is 1. The van der Waals surface area contributed by atoms with Crippen molar-refractivity contribution in [2.24, 2.45) is 5.10 Å². The lowest BCUT2D eigenvalue weighted by atomic mass is 10.1. The van der Waals surface area contributed by atoms with Gasteiger partial charge in [-0.25, -0.2) is 10.9 Å². The normalized spacial score (nSPS) is 11.3. The van der Waals surface area contributed by atoms with Crippen molar-refractivity contribution in [3.63, 3.8) is 0 Å². The summed E-state index contributed by atoms with van der Waals surface area (Å²) in [7, 11) is 0. The van der Waals surface area contributed by atoms with E-state index in [0.29, 0.717) is 11.1 Å². The van der Waals surface area contributed by atoms with Crippen LogP contribution >= 0.6 is 0 Å². The number of carbonyl (C=O) groups excluding carboxylic acids is 2. The molecule has 0 aliphatic heterocycles. The second-order valence-electron chi connectivity index (χ2n) is 7.35. The van der Waals surface area contributed by atoms with Gasteiger partial charge in [0, 0.05) is 40.8 Å². The molecular weight excluding hydrogens is 416 g/mol. The molecule has 7 heteroatoms. The number of hydrogen-bond donors (Lipinski definition) is 3. The molecule has 0 spiro atoms. The van der Waals surface area contributed by atoms with Crippen molar-refractivity contribution < 1.29 is 14.8 Å². The van der Waals surface area contributed by atoms with Gasteiger partial charge >= 0.3 is 0 Å². The number of rotatable bonds is 7. The first-order valence-electron chi connectivity index (χ1n) is 10.3. The first kappa shape index (κ1) is 21.7. The molecule has 7 nitrogen and oxygen atoms in total. The van der Waals surface area contributed by atoms with Crippen LogP contribution in [0.15, 0.2) is 96.2 Å². The number of hydroxylamine groups is 1. The Morgan fingerprint density at radius 2 is 1.76 bits per heavy atom. The molecule has 33 heavy (non-hydrogen) atoms. The molecule has 0 atom stereocenters. The number of aromatic nitrogens is 1. The maximum Gasteiger partial charge on any atom is 0.271 e. The van der Waals surface area contributed by atoms with E-state index in [1.807, 2.05) is 42.6 Å². The fourth-order valence-corrected chi connectivity index (χ4v) is 3.51. The Hall–Kier alpha value is -4.49. The van der Waals surface area contributed by atoms with E-state index < -0.39 is 5.91 Å². The molecule has 0 unspecified atom stereocenters. The van der Waals surface area contributed by atoms with Gasteiger partial charge in [-0.15, -0.1) is 0 Å². The third-order valence-electron chi connectivity index (χ3n) is 5.07. The molecule has 0 aliphatic carbocycles. The van der Waals surface area contributed by atoms with Crippen molar-refractivity contribution in [2.75, 3.05) is 0 Å². The molecule has 0 aliphatic rings. The van der Waals surface area contributed by atoms with Crippen molar-refractivity contribution in [1.82, 2.24) is 15.5 Å². The number of nitrogens with one attached hydrogen (secondary N) is 2. The van der Waals surface area contributed by atoms with Gasteiger partial charge in [0.1, 0.15) is 0 Å². The van der Waals surface area contributed by atoms with Crippen LogP contribution in [-0.2, 0) is 11.3 Å². The van der Waals surface area contributed by atoms with Crippen molar-refractivity contribution in [2.45, 2.75) is 6.54 Å². The summed E-state index contributed by atoms with van der Waals surface area (Å²) in [6, 6.07) is 25.0. The summed E-state index contributed by atoms with van der Waals surface area (Å²) in [6.07, 6.45) is 6.32. The SMILES string of the molecule is O=C(C=Cc1cccc(C(=O)NN=Cc2cn(Cc3ccccc3)c3ccccc23)c1)NO. The summed E-state index contributed by atoms with van der Waals surface area (Å²) < 4.78 is 2.16. The van der Waals surface area contributed by atoms with E-state index in [9.17, 15) is 9.59 Å². The van der Waals surface area contributed by atoms with Crippen LogP contribution in [0.25, 0.3) is 17.0 Å². The fraction of sp³-hybridized carbons (Fsp3) is 0.0385. The molecule has 1 aromatic heterocycles. The number of benzene rings is 3. The van der Waals surface area contributed by atoms with Crippen LogP contribution in [0, 0.1) is 0 Å². The Kier molecular flexibility index (Phi) is 6.73. The van der Waals surface area contributed by atoms with Crippen LogP contribution in [0.2, 0.25) is 0 Å². The van der Waals surface area contributed by atoms with Crippen molar-refractivity contribution >= 4 is 35.0 Å². The van der Waals surface area contributed by atoms with Gasteiger partial charge in [0.05, 0.1) is 6.21 Å². The number of nitrogens with zero attached hydrogens (tertiary/aromatic N) is 2. The summed E-state index contributed by atoms with van der Waals surface area (Å²) >= 11 is 0. The van der Waals surface area contributed by atoms with Gasteiger partial charge in [-0.05, 0) is 35.4 Å². The maximum atomic E-state index is 12.5. The van der Waals surface area contributed by atoms with Gasteiger partial charge in [-0.2, -0.15) is 5.10 Å². The van der Waals surface area contributed by atoms with Gasteiger partial charge in [-0.1, -0.05) is 60.7 Å². The average molecular weight is 438 g/mol. The van der Waals surface area contributed by atoms with E-state index in [2.05, 4.69) is 33.3 Å². The van der Waals surface area contributed by atoms with E-state index in [0.717, 1.165) is 23.0 Å². The monoisotopic (exact) mass is 438 g/mol. The Morgan fingerprint density at radius 3 is 2.58 bits per heavy atom. The Labute approximate surface area is 190 Å². The molecule has 0 radical (unpaired) electrons. The van der Waals surface area contributed by atoms with E-state index in [1.165, 1.54) is 23.2 Å². The largest absolute Gasteiger partial charge is 0.342 e. The van der Waals surface area contributed by atoms with Crippen LogP contribution in [0.1, 0.15) is 27.0 Å². The van der Waals surface area contributed by atoms with E-state index in [4.69, 9.17) is 5.21 Å². The van der Waals surface area contributed by atoms with Crippen LogP contribution in [0.4, 0.5) is 0 Å². The number of hydrogen-bond acceptors (Lipinski definition) is 4. The summed E-state index contributed by atoms with van der Waals surface area (Å²) in [5.41, 5.74) is 8.28. The van der Waals surface area contributed by atoms with Gasteiger partial charge in [-0.3, -0.25) is 14.8 Å². The lowest BCUT2D eigenvalue weighted by Crippen LogP contribution is -2.17. The highest BCUT2D eigenvalue weighted by Gasteiger charge is 2.08. The van der Waals surface area contributed by atoms with Crippen molar-refractivity contribution in [1.29, 1.82) is 0 Å². The first-order chi connectivity index (χ1) is 16.1. The maximum absolute atomic E-state index is 12.5. The fourth-order valence-electron chi connectivity index (χ4n) is 3.51. The molecule has 2 amide bonds. The molecule has 164 valence electrons. The number of fused-ring (bicyclic) bond motifs is 1. The highest BCUT2D eigenvalue weighted by molar-refractivity contribution is 6.01. The predicted molar refractivity (Wildman–Crippen MR) is 128 cm³/mol. The summed E-state index contributed by atoms with van der Waals surface area (Å²) in [4.78, 5) is 23.6. The Balaban J connectivity index is 1.50. The second-order valence-corrected chi connectivity index (χ2v) is 7.35. The third-order valence-corrected chi connectivity index (χ3v) is 5.07. The zero-order chi connectivity index (χ0) is 23.0. The predicted octanol–water partition coefficient (Wildman–Crippen LogP) is 3.97. The quantitative estimate of drug-likeness (QED) is 0.176. The number of amides is 2. The first-order valence-corrected chi connectivity index (χ1v) is 10.3. The molecular formula is C26H22N4O3. The highest BCUT2D eigenvalue weighted by Crippen LogP contribution is 2.21. The number of para-hydroxylation sites is 1. The van der Waals surface area contributed by atoms with E-state index in [-0.39, 0.29) is 5.91 Å². The molecule has 0 saturated carbocycles. The molecule has 4 rings (SSSR count). The minimum absolute atomic E-state index is 0.374. The van der Waals surface area contributed by atoms with Crippen LogP contribution < -0.4 is 10.9 Å². The topological polar surface area (TPSA) is 95.7 Å². The standard InChI is InChI=1S/C26H22N4O3/c31-25(29-33)14-13-19-9-6-10-21(15-19)26(32)28-27-16-22-18-30(17-20-7-2-1-3-8-20)24-12-5-4-11-23(22)24/h1-16,18,33H,17H2,(H,28,32)(H,29,31). The van der Waals surface area contributed by atoms with Gasteiger partial charge in [0.25, 0.3) is 11.8 Å². The smallest absolute Gasteiger partial charge is 0.271 e. The molecule has 0 saturated heterocycles. The summed E-state index contributed by atoms with van der Waals surface area (Å²) in [6.45, 7) is 0.732. The minimum Gasteiger partial charge on any atom is -0.342 e. The van der Waals surface area contributed by atoms with Crippen molar-refractivity contribution in [3.8, 4) is 0 Å². The summed E-state index contributed by atoms with van der Waals surface area (Å²) in [5.74, 6) is -1.03. The summed E-state index contributed by atoms with van der Waals surface area (Å²) in [5, 5.41) is 13.8. The van der Waals surface area contributed by atoms with E-state index in [1.54, 1.807) is 30.5 Å². The average Bonchev–Trinajstić information content (AvgIpc) is 3.20. The molecule has 4 aromatic rings. The molecule has 0 fully saturated rings. The van der Waals surface area contributed by atoms with Crippen LogP contribution in [-0.4, -0.2) is 27.8 Å². The van der Waals surface area contributed by atoms with Gasteiger partial charge in [0.2, 0.25) is 0 Å². The Morgan fingerprint density at radius 1 is 0.970 bits per heavy atom. The zero-order valence-electron chi connectivity index (χ0n) is 17.7.